The molecule has 1 fully saturated rings. The molecule has 2 aromatic rings. The predicted molar refractivity (Wildman–Crippen MR) is 101 cm³/mol. The van der Waals surface area contributed by atoms with Crippen LogP contribution in [0.15, 0.2) is 29.2 Å². The molecule has 1 aliphatic rings. The van der Waals surface area contributed by atoms with Gasteiger partial charge in [-0.25, -0.2) is 17.5 Å². The van der Waals surface area contributed by atoms with Crippen LogP contribution in [0.1, 0.15) is 25.1 Å². The number of hydrogen-bond acceptors (Lipinski definition) is 7. The Hall–Kier alpha value is -2.33. The highest BCUT2D eigenvalue weighted by Gasteiger charge is 2.19. The minimum absolute atomic E-state index is 0.108. The summed E-state index contributed by atoms with van der Waals surface area (Å²) in [5, 5.41) is 0. The zero-order valence-electron chi connectivity index (χ0n) is 15.4. The van der Waals surface area contributed by atoms with Crippen molar-refractivity contribution in [3.05, 3.63) is 35.9 Å². The Kier molecular flexibility index (Phi) is 5.85. The Morgan fingerprint density at radius 2 is 1.89 bits per heavy atom. The van der Waals surface area contributed by atoms with Crippen molar-refractivity contribution < 1.29 is 12.8 Å². The third-order valence-electron chi connectivity index (χ3n) is 4.22. The van der Waals surface area contributed by atoms with Gasteiger partial charge in [0.1, 0.15) is 5.82 Å². The lowest BCUT2D eigenvalue weighted by Gasteiger charge is -2.27. The molecule has 8 nitrogen and oxygen atoms in total. The van der Waals surface area contributed by atoms with Gasteiger partial charge in [-0.05, 0) is 37.5 Å². The van der Waals surface area contributed by atoms with E-state index >= 15 is 0 Å². The second-order valence-electron chi connectivity index (χ2n) is 6.58. The highest BCUT2D eigenvalue weighted by Crippen LogP contribution is 2.18. The molecule has 1 aliphatic heterocycles. The Morgan fingerprint density at radius 3 is 2.56 bits per heavy atom. The van der Waals surface area contributed by atoms with E-state index in [1.54, 1.807) is 4.90 Å². The molecule has 10 heteroatoms. The van der Waals surface area contributed by atoms with Crippen LogP contribution in [0, 0.1) is 5.82 Å². The van der Waals surface area contributed by atoms with Gasteiger partial charge in [-0.3, -0.25) is 0 Å². The van der Waals surface area contributed by atoms with Crippen molar-refractivity contribution in [2.75, 3.05) is 37.0 Å². The lowest BCUT2D eigenvalue weighted by atomic mass is 10.1. The van der Waals surface area contributed by atoms with Crippen LogP contribution in [-0.4, -0.2) is 50.6 Å². The van der Waals surface area contributed by atoms with Gasteiger partial charge in [0, 0.05) is 27.2 Å². The van der Waals surface area contributed by atoms with Crippen molar-refractivity contribution in [2.45, 2.75) is 30.7 Å². The van der Waals surface area contributed by atoms with E-state index in [1.165, 1.54) is 24.6 Å². The first-order valence-electron chi connectivity index (χ1n) is 8.77. The van der Waals surface area contributed by atoms with Crippen molar-refractivity contribution in [1.82, 2.24) is 19.7 Å². The zero-order valence-corrected chi connectivity index (χ0v) is 16.2. The maximum absolute atomic E-state index is 13.3. The van der Waals surface area contributed by atoms with Crippen LogP contribution in [-0.2, 0) is 16.6 Å². The summed E-state index contributed by atoms with van der Waals surface area (Å²) < 4.78 is 40.5. The number of halogens is 1. The van der Waals surface area contributed by atoms with Gasteiger partial charge in [-0.1, -0.05) is 6.07 Å². The summed E-state index contributed by atoms with van der Waals surface area (Å²) >= 11 is 0. The second kappa shape index (κ2) is 8.13. The van der Waals surface area contributed by atoms with Crippen LogP contribution < -0.4 is 14.5 Å². The fourth-order valence-corrected chi connectivity index (χ4v) is 3.80. The first kappa shape index (κ1) is 19.4. The van der Waals surface area contributed by atoms with Crippen molar-refractivity contribution in [3.8, 4) is 0 Å². The minimum atomic E-state index is -3.87. The third kappa shape index (κ3) is 4.89. The van der Waals surface area contributed by atoms with Crippen molar-refractivity contribution in [3.63, 3.8) is 0 Å². The van der Waals surface area contributed by atoms with Crippen molar-refractivity contribution in [2.24, 2.45) is 0 Å². The van der Waals surface area contributed by atoms with E-state index in [4.69, 9.17) is 0 Å². The quantitative estimate of drug-likeness (QED) is 0.795. The molecule has 0 unspecified atom stereocenters. The lowest BCUT2D eigenvalue weighted by molar-refractivity contribution is 0.563. The number of rotatable bonds is 6. The van der Waals surface area contributed by atoms with E-state index in [9.17, 15) is 12.8 Å². The number of aromatic nitrogens is 3. The molecule has 27 heavy (non-hydrogen) atoms. The molecule has 0 atom stereocenters. The van der Waals surface area contributed by atoms with Gasteiger partial charge in [0.25, 0.3) is 0 Å². The Labute approximate surface area is 158 Å². The molecular weight excluding hydrogens is 371 g/mol. The first-order chi connectivity index (χ1) is 12.8. The number of nitrogens with zero attached hydrogens (tertiary/aromatic N) is 5. The number of anilines is 2. The molecule has 0 amide bonds. The summed E-state index contributed by atoms with van der Waals surface area (Å²) in [6.07, 6.45) is 3.33. The van der Waals surface area contributed by atoms with Gasteiger partial charge >= 0.3 is 0 Å². The lowest BCUT2D eigenvalue weighted by Crippen LogP contribution is -2.33. The van der Waals surface area contributed by atoms with Crippen LogP contribution in [0.3, 0.4) is 0 Å². The van der Waals surface area contributed by atoms with Gasteiger partial charge < -0.3 is 9.80 Å². The molecule has 146 valence electrons. The number of piperidine rings is 1. The second-order valence-corrected chi connectivity index (χ2v) is 8.34. The summed E-state index contributed by atoms with van der Waals surface area (Å²) in [5.74, 6) is 0.716. The van der Waals surface area contributed by atoms with E-state index < -0.39 is 15.8 Å². The highest BCUT2D eigenvalue weighted by molar-refractivity contribution is 7.89. The van der Waals surface area contributed by atoms with E-state index in [1.807, 2.05) is 14.1 Å². The van der Waals surface area contributed by atoms with Crippen LogP contribution >= 0.6 is 0 Å². The normalized spacial score (nSPS) is 15.0. The Morgan fingerprint density at radius 1 is 1.15 bits per heavy atom. The average Bonchev–Trinajstić information content (AvgIpc) is 2.67. The standard InChI is InChI=1S/C17H23FN6O2S/c1-23(2)16-20-15(21-17(22-16)24-9-4-3-5-10-24)12-19-27(25,26)14-8-6-7-13(18)11-14/h6-8,11,19H,3-5,9-10,12H2,1-2H3. The molecule has 2 heterocycles. The molecule has 1 aromatic carbocycles. The monoisotopic (exact) mass is 394 g/mol. The Balaban J connectivity index is 1.82. The molecule has 0 saturated carbocycles. The average molecular weight is 394 g/mol. The fraction of sp³-hybridized carbons (Fsp3) is 0.471. The zero-order chi connectivity index (χ0) is 19.4. The van der Waals surface area contributed by atoms with E-state index in [0.29, 0.717) is 17.7 Å². The number of sulfonamides is 1. The van der Waals surface area contributed by atoms with Gasteiger partial charge in [-0.15, -0.1) is 0 Å². The maximum atomic E-state index is 13.3. The van der Waals surface area contributed by atoms with E-state index in [2.05, 4.69) is 24.6 Å². The molecule has 1 N–H and O–H groups in total. The van der Waals surface area contributed by atoms with Gasteiger partial charge in [0.15, 0.2) is 5.82 Å². The van der Waals surface area contributed by atoms with Gasteiger partial charge in [0.05, 0.1) is 11.4 Å². The first-order valence-corrected chi connectivity index (χ1v) is 10.3. The SMILES string of the molecule is CN(C)c1nc(CNS(=O)(=O)c2cccc(F)c2)nc(N2CCCCC2)n1. The van der Waals surface area contributed by atoms with Crippen LogP contribution in [0.4, 0.5) is 16.3 Å². The molecule has 0 bridgehead atoms. The van der Waals surface area contributed by atoms with Crippen LogP contribution in [0.5, 0.6) is 0 Å². The highest BCUT2D eigenvalue weighted by atomic mass is 32.2. The number of benzene rings is 1. The smallest absolute Gasteiger partial charge is 0.241 e. The summed E-state index contributed by atoms with van der Waals surface area (Å²) in [4.78, 5) is 16.9. The largest absolute Gasteiger partial charge is 0.347 e. The van der Waals surface area contributed by atoms with Crippen LogP contribution in [0.25, 0.3) is 0 Å². The number of hydrogen-bond donors (Lipinski definition) is 1. The maximum Gasteiger partial charge on any atom is 0.241 e. The van der Waals surface area contributed by atoms with Gasteiger partial charge in [-0.2, -0.15) is 15.0 Å². The third-order valence-corrected chi connectivity index (χ3v) is 5.62. The summed E-state index contributed by atoms with van der Waals surface area (Å²) in [6.45, 7) is 1.62. The summed E-state index contributed by atoms with van der Waals surface area (Å²) in [5.41, 5.74) is 0. The Bertz CT molecular complexity index is 900. The molecule has 0 aliphatic carbocycles. The molecule has 1 saturated heterocycles. The minimum Gasteiger partial charge on any atom is -0.347 e. The van der Waals surface area contributed by atoms with E-state index in [-0.39, 0.29) is 11.4 Å². The van der Waals surface area contributed by atoms with Gasteiger partial charge in [0.2, 0.25) is 21.9 Å². The molecule has 0 spiro atoms. The summed E-state index contributed by atoms with van der Waals surface area (Å²) in [6, 6.07) is 4.86. The molecule has 3 rings (SSSR count). The predicted octanol–water partition coefficient (Wildman–Crippen LogP) is 1.55. The van der Waals surface area contributed by atoms with Crippen molar-refractivity contribution >= 4 is 21.9 Å². The summed E-state index contributed by atoms with van der Waals surface area (Å²) in [7, 11) is -0.238. The van der Waals surface area contributed by atoms with Crippen LogP contribution in [0.2, 0.25) is 0 Å². The molecule has 0 radical (unpaired) electrons. The molecular formula is C17H23FN6O2S. The number of nitrogens with one attached hydrogen (secondary N) is 1. The molecule has 1 aromatic heterocycles. The fourth-order valence-electron chi connectivity index (χ4n) is 2.79. The topological polar surface area (TPSA) is 91.3 Å². The van der Waals surface area contributed by atoms with E-state index in [0.717, 1.165) is 32.0 Å². The van der Waals surface area contributed by atoms with Crippen molar-refractivity contribution in [1.29, 1.82) is 0 Å².